The van der Waals surface area contributed by atoms with Gasteiger partial charge in [0.2, 0.25) is 0 Å². The zero-order valence-electron chi connectivity index (χ0n) is 13.5. The smallest absolute Gasteiger partial charge is 0.268 e. The molecule has 130 valence electrons. The summed E-state index contributed by atoms with van der Waals surface area (Å²) in [6.45, 7) is 0.425. The SMILES string of the molecule is COCCN1C(=O)C(SCc2ccco2)=C(c2ccc(F)cc2)C1=O. The highest BCUT2D eigenvalue weighted by Crippen LogP contribution is 2.37. The van der Waals surface area contributed by atoms with Crippen LogP contribution in [0.1, 0.15) is 11.3 Å². The van der Waals surface area contributed by atoms with Gasteiger partial charge in [0.25, 0.3) is 11.8 Å². The molecule has 2 aromatic rings. The van der Waals surface area contributed by atoms with Gasteiger partial charge in [-0.25, -0.2) is 4.39 Å². The van der Waals surface area contributed by atoms with E-state index in [1.165, 1.54) is 43.1 Å². The molecular weight excluding hydrogens is 345 g/mol. The van der Waals surface area contributed by atoms with Gasteiger partial charge in [0, 0.05) is 7.11 Å². The Balaban J connectivity index is 1.93. The Morgan fingerprint density at radius 1 is 1.16 bits per heavy atom. The topological polar surface area (TPSA) is 59.8 Å². The number of hydrogen-bond donors (Lipinski definition) is 0. The normalized spacial score (nSPS) is 14.7. The predicted octanol–water partition coefficient (Wildman–Crippen LogP) is 3.08. The highest BCUT2D eigenvalue weighted by molar-refractivity contribution is 8.03. The zero-order chi connectivity index (χ0) is 17.8. The number of methoxy groups -OCH3 is 1. The van der Waals surface area contributed by atoms with Crippen LogP contribution in [0, 0.1) is 5.82 Å². The number of amides is 2. The number of hydrogen-bond acceptors (Lipinski definition) is 5. The summed E-state index contributed by atoms with van der Waals surface area (Å²) in [4.78, 5) is 26.9. The lowest BCUT2D eigenvalue weighted by molar-refractivity contribution is -0.137. The number of carbonyl (C=O) groups excluding carboxylic acids is 2. The fourth-order valence-corrected chi connectivity index (χ4v) is 3.52. The molecule has 0 bridgehead atoms. The van der Waals surface area contributed by atoms with Gasteiger partial charge in [0.15, 0.2) is 0 Å². The second kappa shape index (κ2) is 7.67. The molecule has 7 heteroatoms. The van der Waals surface area contributed by atoms with Gasteiger partial charge in [0.1, 0.15) is 11.6 Å². The van der Waals surface area contributed by atoms with Crippen molar-refractivity contribution in [3.8, 4) is 0 Å². The first-order valence-electron chi connectivity index (χ1n) is 7.62. The molecule has 0 spiro atoms. The minimum atomic E-state index is -0.401. The molecule has 1 aliphatic rings. The molecule has 1 aromatic carbocycles. The summed E-state index contributed by atoms with van der Waals surface area (Å²) in [6, 6.07) is 9.11. The van der Waals surface area contributed by atoms with Crippen LogP contribution in [-0.2, 0) is 20.1 Å². The van der Waals surface area contributed by atoms with E-state index in [1.807, 2.05) is 0 Å². The molecule has 2 heterocycles. The molecule has 0 saturated carbocycles. The van der Waals surface area contributed by atoms with E-state index in [0.29, 0.717) is 22.0 Å². The summed E-state index contributed by atoms with van der Waals surface area (Å²) in [6.07, 6.45) is 1.55. The van der Waals surface area contributed by atoms with E-state index in [4.69, 9.17) is 9.15 Å². The largest absolute Gasteiger partial charge is 0.468 e. The van der Waals surface area contributed by atoms with E-state index in [9.17, 15) is 14.0 Å². The molecule has 0 atom stereocenters. The lowest BCUT2D eigenvalue weighted by atomic mass is 10.1. The third-order valence-electron chi connectivity index (χ3n) is 3.72. The Bertz CT molecular complexity index is 799. The molecule has 2 amide bonds. The number of carbonyl (C=O) groups is 2. The number of furan rings is 1. The van der Waals surface area contributed by atoms with Crippen molar-refractivity contribution in [3.05, 3.63) is 64.7 Å². The fourth-order valence-electron chi connectivity index (χ4n) is 2.48. The Labute approximate surface area is 148 Å². The molecular formula is C18H16FNO4S. The third-order valence-corrected chi connectivity index (χ3v) is 4.81. The molecule has 0 fully saturated rings. The van der Waals surface area contributed by atoms with Crippen molar-refractivity contribution in [2.75, 3.05) is 20.3 Å². The van der Waals surface area contributed by atoms with Crippen LogP contribution < -0.4 is 0 Å². The number of rotatable bonds is 7. The van der Waals surface area contributed by atoms with E-state index >= 15 is 0 Å². The molecule has 25 heavy (non-hydrogen) atoms. The molecule has 5 nitrogen and oxygen atoms in total. The maximum absolute atomic E-state index is 13.2. The van der Waals surface area contributed by atoms with Gasteiger partial charge in [-0.1, -0.05) is 12.1 Å². The van der Waals surface area contributed by atoms with Gasteiger partial charge in [-0.3, -0.25) is 14.5 Å². The lowest BCUT2D eigenvalue weighted by Gasteiger charge is -2.14. The molecule has 1 aromatic heterocycles. The first-order chi connectivity index (χ1) is 12.1. The Hall–Kier alpha value is -2.38. The number of benzene rings is 1. The van der Waals surface area contributed by atoms with Crippen LogP contribution in [0.25, 0.3) is 5.57 Å². The summed E-state index contributed by atoms with van der Waals surface area (Å²) < 4.78 is 23.5. The minimum Gasteiger partial charge on any atom is -0.468 e. The highest BCUT2D eigenvalue weighted by atomic mass is 32.2. The van der Waals surface area contributed by atoms with Crippen molar-refractivity contribution in [2.24, 2.45) is 0 Å². The first-order valence-corrected chi connectivity index (χ1v) is 8.61. The van der Waals surface area contributed by atoms with E-state index < -0.39 is 11.7 Å². The van der Waals surface area contributed by atoms with Gasteiger partial charge < -0.3 is 9.15 Å². The molecule has 3 rings (SSSR count). The zero-order valence-corrected chi connectivity index (χ0v) is 14.3. The number of thioether (sulfide) groups is 1. The average Bonchev–Trinajstić information content (AvgIpc) is 3.20. The number of halogens is 1. The molecule has 0 aliphatic carbocycles. The highest BCUT2D eigenvalue weighted by Gasteiger charge is 2.38. The van der Waals surface area contributed by atoms with Crippen molar-refractivity contribution in [3.63, 3.8) is 0 Å². The maximum atomic E-state index is 13.2. The summed E-state index contributed by atoms with van der Waals surface area (Å²) >= 11 is 1.24. The standard InChI is InChI=1S/C18H16FNO4S/c1-23-10-8-20-17(21)15(12-4-6-13(19)7-5-12)16(18(20)22)25-11-14-3-2-9-24-14/h2-7,9H,8,10-11H2,1H3. The van der Waals surface area contributed by atoms with Gasteiger partial charge in [-0.15, -0.1) is 11.8 Å². The average molecular weight is 361 g/mol. The van der Waals surface area contributed by atoms with E-state index in [2.05, 4.69) is 0 Å². The second-order valence-electron chi connectivity index (χ2n) is 5.33. The van der Waals surface area contributed by atoms with Crippen LogP contribution in [0.15, 0.2) is 52.0 Å². The summed E-state index contributed by atoms with van der Waals surface area (Å²) in [5.74, 6) is -0.0355. The number of imide groups is 1. The first kappa shape index (κ1) is 17.4. The van der Waals surface area contributed by atoms with Gasteiger partial charge >= 0.3 is 0 Å². The maximum Gasteiger partial charge on any atom is 0.268 e. The van der Waals surface area contributed by atoms with Gasteiger partial charge in [0.05, 0.1) is 35.6 Å². The van der Waals surface area contributed by atoms with Crippen molar-refractivity contribution >= 4 is 29.1 Å². The fraction of sp³-hybridized carbons (Fsp3) is 0.222. The predicted molar refractivity (Wildman–Crippen MR) is 91.9 cm³/mol. The second-order valence-corrected chi connectivity index (χ2v) is 6.32. The van der Waals surface area contributed by atoms with Gasteiger partial charge in [-0.2, -0.15) is 0 Å². The molecule has 0 unspecified atom stereocenters. The summed E-state index contributed by atoms with van der Waals surface area (Å²) in [5, 5.41) is 0. The molecule has 0 N–H and O–H groups in total. The van der Waals surface area contributed by atoms with Crippen LogP contribution in [-0.4, -0.2) is 37.0 Å². The quantitative estimate of drug-likeness (QED) is 0.710. The number of nitrogens with zero attached hydrogens (tertiary/aromatic N) is 1. The molecule has 0 saturated heterocycles. The summed E-state index contributed by atoms with van der Waals surface area (Å²) in [5.41, 5.74) is 0.805. The van der Waals surface area contributed by atoms with Crippen LogP contribution in [0.4, 0.5) is 4.39 Å². The number of ether oxygens (including phenoxy) is 1. The van der Waals surface area contributed by atoms with E-state index in [1.54, 1.807) is 18.4 Å². The third kappa shape index (κ3) is 3.67. The van der Waals surface area contributed by atoms with Crippen LogP contribution in [0.3, 0.4) is 0 Å². The van der Waals surface area contributed by atoms with Crippen LogP contribution in [0.5, 0.6) is 0 Å². The Morgan fingerprint density at radius 2 is 1.92 bits per heavy atom. The van der Waals surface area contributed by atoms with Crippen LogP contribution >= 0.6 is 11.8 Å². The van der Waals surface area contributed by atoms with Crippen LogP contribution in [0.2, 0.25) is 0 Å². The Kier molecular flexibility index (Phi) is 5.35. The molecule has 1 aliphatic heterocycles. The monoisotopic (exact) mass is 361 g/mol. The minimum absolute atomic E-state index is 0.170. The lowest BCUT2D eigenvalue weighted by Crippen LogP contribution is -2.34. The van der Waals surface area contributed by atoms with Crippen molar-refractivity contribution in [2.45, 2.75) is 5.75 Å². The van der Waals surface area contributed by atoms with Gasteiger partial charge in [-0.05, 0) is 29.8 Å². The van der Waals surface area contributed by atoms with E-state index in [-0.39, 0.29) is 24.6 Å². The Morgan fingerprint density at radius 3 is 2.56 bits per heavy atom. The molecule has 0 radical (unpaired) electrons. The van der Waals surface area contributed by atoms with Crippen molar-refractivity contribution in [1.82, 2.24) is 4.90 Å². The van der Waals surface area contributed by atoms with E-state index in [0.717, 1.165) is 4.90 Å². The van der Waals surface area contributed by atoms with Crippen molar-refractivity contribution in [1.29, 1.82) is 0 Å². The summed E-state index contributed by atoms with van der Waals surface area (Å²) in [7, 11) is 1.51. The van der Waals surface area contributed by atoms with Crippen molar-refractivity contribution < 1.29 is 23.1 Å².